The van der Waals surface area contributed by atoms with Gasteiger partial charge in [0.2, 0.25) is 0 Å². The smallest absolute Gasteiger partial charge is 0.253 e. The molecule has 1 saturated heterocycles. The highest BCUT2D eigenvalue weighted by Crippen LogP contribution is 2.35. The minimum atomic E-state index is -0.392. The van der Waals surface area contributed by atoms with Gasteiger partial charge in [0.15, 0.2) is 5.82 Å². The molecule has 1 aliphatic heterocycles. The van der Waals surface area contributed by atoms with Gasteiger partial charge in [-0.25, -0.2) is 4.68 Å². The molecule has 2 atom stereocenters. The van der Waals surface area contributed by atoms with E-state index in [0.717, 1.165) is 54.6 Å². The molecule has 6 rings (SSSR count). The Bertz CT molecular complexity index is 1390. The van der Waals surface area contributed by atoms with Gasteiger partial charge >= 0.3 is 0 Å². The Morgan fingerprint density at radius 1 is 1.16 bits per heavy atom. The van der Waals surface area contributed by atoms with Crippen LogP contribution in [0.1, 0.15) is 78.9 Å². The average molecular weight is 519 g/mol. The summed E-state index contributed by atoms with van der Waals surface area (Å²) in [4.78, 5) is 20.4. The van der Waals surface area contributed by atoms with Crippen molar-refractivity contribution in [2.24, 2.45) is 0 Å². The van der Waals surface area contributed by atoms with E-state index in [1.165, 1.54) is 24.1 Å². The zero-order valence-corrected chi connectivity index (χ0v) is 22.1. The first-order chi connectivity index (χ1) is 18.2. The third-order valence-corrected chi connectivity index (χ3v) is 8.63. The number of H-pyrrole nitrogens is 1. The molecule has 1 aromatic carbocycles. The van der Waals surface area contributed by atoms with Gasteiger partial charge in [-0.1, -0.05) is 37.0 Å². The molecule has 0 bridgehead atoms. The summed E-state index contributed by atoms with van der Waals surface area (Å²) in [5, 5.41) is 16.4. The van der Waals surface area contributed by atoms with Crippen molar-refractivity contribution in [3.63, 3.8) is 0 Å². The molecule has 3 aromatic heterocycles. The average Bonchev–Trinajstić information content (AvgIpc) is 3.69. The van der Waals surface area contributed by atoms with Gasteiger partial charge in [0.25, 0.3) is 5.56 Å². The number of nitrogens with zero attached hydrogens (tertiary/aromatic N) is 5. The van der Waals surface area contributed by atoms with Crippen LogP contribution >= 0.6 is 11.3 Å². The van der Waals surface area contributed by atoms with E-state index >= 15 is 0 Å². The Morgan fingerprint density at radius 3 is 2.84 bits per heavy atom. The third kappa shape index (κ3) is 5.26. The molecule has 0 spiro atoms. The number of hydrogen-bond donors (Lipinski definition) is 1. The number of aromatic amines is 1. The van der Waals surface area contributed by atoms with E-state index in [0.29, 0.717) is 18.7 Å². The fraction of sp³-hybridized carbons (Fsp3) is 0.500. The summed E-state index contributed by atoms with van der Waals surface area (Å²) in [6.45, 7) is 4.28. The van der Waals surface area contributed by atoms with Crippen molar-refractivity contribution in [2.75, 3.05) is 13.2 Å². The summed E-state index contributed by atoms with van der Waals surface area (Å²) in [6.07, 6.45) is 7.96. The lowest BCUT2D eigenvalue weighted by atomic mass is 9.95. The third-order valence-electron chi connectivity index (χ3n) is 7.77. The zero-order valence-electron chi connectivity index (χ0n) is 21.3. The van der Waals surface area contributed by atoms with Crippen LogP contribution in [0.25, 0.3) is 10.9 Å². The Balaban J connectivity index is 1.50. The lowest BCUT2D eigenvalue weighted by molar-refractivity contribution is 0.0571. The number of ether oxygens (including phenoxy) is 1. The normalized spacial score (nSPS) is 19.7. The maximum atomic E-state index is 13.7. The monoisotopic (exact) mass is 518 g/mol. The Kier molecular flexibility index (Phi) is 7.17. The molecule has 2 fully saturated rings. The van der Waals surface area contributed by atoms with Gasteiger partial charge in [0.05, 0.1) is 12.1 Å². The first-order valence-electron chi connectivity index (χ1n) is 13.4. The molecule has 4 aromatic rings. The van der Waals surface area contributed by atoms with Crippen LogP contribution in [0.5, 0.6) is 0 Å². The van der Waals surface area contributed by atoms with Crippen molar-refractivity contribution in [3.8, 4) is 0 Å². The van der Waals surface area contributed by atoms with Crippen LogP contribution in [0.15, 0.2) is 46.6 Å². The highest BCUT2D eigenvalue weighted by molar-refractivity contribution is 7.09. The molecule has 4 heterocycles. The highest BCUT2D eigenvalue weighted by atomic mass is 32.1. The second-order valence-electron chi connectivity index (χ2n) is 10.5. The number of hydrogen-bond acceptors (Lipinski definition) is 7. The summed E-state index contributed by atoms with van der Waals surface area (Å²) < 4.78 is 8.10. The molecule has 1 aliphatic carbocycles. The van der Waals surface area contributed by atoms with Crippen molar-refractivity contribution in [3.05, 3.63) is 74.0 Å². The number of fused-ring (bicyclic) bond motifs is 1. The molecule has 8 nitrogen and oxygen atoms in total. The van der Waals surface area contributed by atoms with Crippen molar-refractivity contribution in [2.45, 2.75) is 76.6 Å². The van der Waals surface area contributed by atoms with Crippen LogP contribution in [0.3, 0.4) is 0 Å². The molecular formula is C28H34N6O2S. The van der Waals surface area contributed by atoms with E-state index in [9.17, 15) is 4.79 Å². The molecule has 37 heavy (non-hydrogen) atoms. The first-order valence-corrected chi connectivity index (χ1v) is 14.3. The fourth-order valence-electron chi connectivity index (χ4n) is 5.93. The lowest BCUT2D eigenvalue weighted by Crippen LogP contribution is -2.39. The van der Waals surface area contributed by atoms with Gasteiger partial charge in [-0.2, -0.15) is 0 Å². The molecule has 2 aliphatic rings. The van der Waals surface area contributed by atoms with E-state index < -0.39 is 6.04 Å². The summed E-state index contributed by atoms with van der Waals surface area (Å²) in [7, 11) is 0. The molecule has 0 unspecified atom stereocenters. The van der Waals surface area contributed by atoms with Crippen molar-refractivity contribution in [1.82, 2.24) is 30.1 Å². The van der Waals surface area contributed by atoms with E-state index in [1.54, 1.807) is 11.3 Å². The Hall–Kier alpha value is -2.88. The fourth-order valence-corrected chi connectivity index (χ4v) is 6.65. The van der Waals surface area contributed by atoms with E-state index in [4.69, 9.17) is 4.74 Å². The maximum absolute atomic E-state index is 13.7. The Morgan fingerprint density at radius 2 is 2.05 bits per heavy atom. The van der Waals surface area contributed by atoms with Crippen LogP contribution in [-0.2, 0) is 11.3 Å². The number of rotatable bonds is 8. The van der Waals surface area contributed by atoms with Gasteiger partial charge < -0.3 is 9.72 Å². The largest absolute Gasteiger partial charge is 0.377 e. The quantitative estimate of drug-likeness (QED) is 0.347. The molecule has 0 amide bonds. The van der Waals surface area contributed by atoms with E-state index in [1.807, 2.05) is 22.9 Å². The summed E-state index contributed by atoms with van der Waals surface area (Å²) in [6, 6.07) is 12.3. The predicted molar refractivity (Wildman–Crippen MR) is 145 cm³/mol. The summed E-state index contributed by atoms with van der Waals surface area (Å²) in [5.41, 5.74) is 2.58. The number of nitrogens with one attached hydrogen (secondary N) is 1. The summed E-state index contributed by atoms with van der Waals surface area (Å²) in [5.74, 6) is 0.749. The summed E-state index contributed by atoms with van der Waals surface area (Å²) >= 11 is 1.73. The molecule has 9 heteroatoms. The second-order valence-corrected chi connectivity index (χ2v) is 11.5. The minimum absolute atomic E-state index is 0.0944. The maximum Gasteiger partial charge on any atom is 0.253 e. The van der Waals surface area contributed by atoms with E-state index in [2.05, 4.69) is 55.9 Å². The second kappa shape index (κ2) is 10.8. The minimum Gasteiger partial charge on any atom is -0.377 e. The molecule has 0 radical (unpaired) electrons. The molecule has 1 N–H and O–H groups in total. The van der Waals surface area contributed by atoms with Gasteiger partial charge in [-0.3, -0.25) is 9.69 Å². The van der Waals surface area contributed by atoms with Crippen LogP contribution in [0.4, 0.5) is 0 Å². The van der Waals surface area contributed by atoms with Gasteiger partial charge in [0.1, 0.15) is 6.04 Å². The Labute approximate surface area is 220 Å². The number of benzene rings is 1. The molecule has 1 saturated carbocycles. The standard InChI is InChI=1S/C28H34N6O2S/c1-19-11-12-25-20(15-19)16-24(28(35)29-25)26(27-30-31-32-34(27)21-7-3-2-4-8-21)33(17-22-9-5-13-36-22)18-23-10-6-14-37-23/h6,10-12,14-16,21-22,26H,2-5,7-9,13,17-18H2,1H3,(H,29,35)/t22-,26+/m0/s1. The number of tetrazole rings is 1. The zero-order chi connectivity index (χ0) is 25.2. The first kappa shape index (κ1) is 24.5. The predicted octanol–water partition coefficient (Wildman–Crippen LogP) is 5.16. The highest BCUT2D eigenvalue weighted by Gasteiger charge is 2.35. The van der Waals surface area contributed by atoms with Crippen molar-refractivity contribution in [1.29, 1.82) is 0 Å². The topological polar surface area (TPSA) is 88.9 Å². The SMILES string of the molecule is Cc1ccc2[nH]c(=O)c([C@H](c3nnnn3C3CCCCC3)N(Cc3cccs3)C[C@@H]3CCCO3)cc2c1. The van der Waals surface area contributed by atoms with Crippen molar-refractivity contribution >= 4 is 22.2 Å². The lowest BCUT2D eigenvalue weighted by Gasteiger charge is -2.33. The number of aromatic nitrogens is 5. The molecule has 194 valence electrons. The number of aryl methyl sites for hydroxylation is 1. The van der Waals surface area contributed by atoms with Gasteiger partial charge in [-0.15, -0.1) is 16.4 Å². The van der Waals surface area contributed by atoms with Crippen LogP contribution in [-0.4, -0.2) is 49.3 Å². The molecular weight excluding hydrogens is 484 g/mol. The number of pyridine rings is 1. The number of thiophene rings is 1. The van der Waals surface area contributed by atoms with Gasteiger partial charge in [0, 0.05) is 35.7 Å². The van der Waals surface area contributed by atoms with Crippen molar-refractivity contribution < 1.29 is 4.74 Å². The van der Waals surface area contributed by atoms with Crippen LogP contribution < -0.4 is 5.56 Å². The van der Waals surface area contributed by atoms with Crippen LogP contribution in [0, 0.1) is 6.92 Å². The van der Waals surface area contributed by atoms with Crippen LogP contribution in [0.2, 0.25) is 0 Å². The van der Waals surface area contributed by atoms with Gasteiger partial charge in [-0.05, 0) is 78.1 Å². The van der Waals surface area contributed by atoms with E-state index in [-0.39, 0.29) is 17.7 Å².